The summed E-state index contributed by atoms with van der Waals surface area (Å²) < 4.78 is 45.8. The molecule has 0 radical (unpaired) electrons. The Balaban J connectivity index is 1.77. The third-order valence-electron chi connectivity index (χ3n) is 4.17. The molecule has 0 saturated heterocycles. The van der Waals surface area contributed by atoms with Gasteiger partial charge in [-0.1, -0.05) is 37.3 Å². The Bertz CT molecular complexity index is 1100. The normalized spacial score (nSPS) is 11.9. The first-order valence-corrected chi connectivity index (χ1v) is 9.63. The number of hydrogen-bond acceptors (Lipinski definition) is 3. The van der Waals surface area contributed by atoms with E-state index in [1.165, 1.54) is 18.3 Å². The van der Waals surface area contributed by atoms with Crippen molar-refractivity contribution in [3.05, 3.63) is 83.3 Å². The Kier molecular flexibility index (Phi) is 7.07. The summed E-state index contributed by atoms with van der Waals surface area (Å²) >= 11 is 0. The number of nitrogens with zero attached hydrogens (tertiary/aromatic N) is 3. The van der Waals surface area contributed by atoms with Crippen LogP contribution in [0.15, 0.2) is 71.9 Å². The monoisotopic (exact) mass is 430 g/mol. The molecule has 1 N–H and O–H groups in total. The molecule has 2 amide bonds. The van der Waals surface area contributed by atoms with Gasteiger partial charge in [-0.3, -0.25) is 0 Å². The molecular weight excluding hydrogens is 409 g/mol. The SMILES string of the molecule is CCCOc1cc(=NC(=O)NCc2cccc(C(F)(F)F)c2)cnn1-c1ccccc1. The second-order valence-corrected chi connectivity index (χ2v) is 6.62. The molecule has 0 fully saturated rings. The Morgan fingerprint density at radius 1 is 1.13 bits per heavy atom. The van der Waals surface area contributed by atoms with Crippen LogP contribution in [0.25, 0.3) is 5.69 Å². The minimum absolute atomic E-state index is 0.0876. The van der Waals surface area contributed by atoms with Crippen molar-refractivity contribution < 1.29 is 22.7 Å². The maximum Gasteiger partial charge on any atom is 0.416 e. The first kappa shape index (κ1) is 22.1. The number of nitrogens with one attached hydrogen (secondary N) is 1. The van der Waals surface area contributed by atoms with Gasteiger partial charge in [0.25, 0.3) is 0 Å². The van der Waals surface area contributed by atoms with Crippen LogP contribution in [0.5, 0.6) is 5.88 Å². The highest BCUT2D eigenvalue weighted by atomic mass is 19.4. The van der Waals surface area contributed by atoms with E-state index in [1.807, 2.05) is 37.3 Å². The maximum atomic E-state index is 12.8. The van der Waals surface area contributed by atoms with Crippen LogP contribution in [0.3, 0.4) is 0 Å². The van der Waals surface area contributed by atoms with E-state index in [0.29, 0.717) is 18.1 Å². The van der Waals surface area contributed by atoms with E-state index in [4.69, 9.17) is 4.74 Å². The van der Waals surface area contributed by atoms with E-state index in [1.54, 1.807) is 10.7 Å². The average Bonchev–Trinajstić information content (AvgIpc) is 2.76. The van der Waals surface area contributed by atoms with Gasteiger partial charge in [-0.05, 0) is 36.2 Å². The van der Waals surface area contributed by atoms with Crippen LogP contribution in [0.4, 0.5) is 18.0 Å². The minimum atomic E-state index is -4.44. The van der Waals surface area contributed by atoms with Gasteiger partial charge in [0.05, 0.1) is 29.4 Å². The van der Waals surface area contributed by atoms with E-state index >= 15 is 0 Å². The van der Waals surface area contributed by atoms with Crippen LogP contribution in [-0.4, -0.2) is 22.4 Å². The number of benzene rings is 2. The molecule has 0 bridgehead atoms. The van der Waals surface area contributed by atoms with Crippen molar-refractivity contribution in [2.75, 3.05) is 6.61 Å². The number of para-hydroxylation sites is 1. The summed E-state index contributed by atoms with van der Waals surface area (Å²) in [6.45, 7) is 2.34. The number of amides is 2. The molecule has 31 heavy (non-hydrogen) atoms. The van der Waals surface area contributed by atoms with Crippen molar-refractivity contribution in [2.24, 2.45) is 4.99 Å². The zero-order valence-electron chi connectivity index (χ0n) is 16.8. The first-order valence-electron chi connectivity index (χ1n) is 9.63. The lowest BCUT2D eigenvalue weighted by atomic mass is 10.1. The van der Waals surface area contributed by atoms with Crippen molar-refractivity contribution in [1.29, 1.82) is 0 Å². The van der Waals surface area contributed by atoms with Crippen molar-refractivity contribution in [3.63, 3.8) is 0 Å². The van der Waals surface area contributed by atoms with Gasteiger partial charge >= 0.3 is 12.2 Å². The summed E-state index contributed by atoms with van der Waals surface area (Å²) in [5.41, 5.74) is 0.333. The lowest BCUT2D eigenvalue weighted by molar-refractivity contribution is -0.137. The van der Waals surface area contributed by atoms with Crippen molar-refractivity contribution in [1.82, 2.24) is 15.1 Å². The van der Waals surface area contributed by atoms with Crippen LogP contribution < -0.4 is 15.4 Å². The number of carbonyl (C=O) groups is 1. The summed E-state index contributed by atoms with van der Waals surface area (Å²) in [4.78, 5) is 16.1. The molecule has 1 aromatic heterocycles. The van der Waals surface area contributed by atoms with E-state index in [-0.39, 0.29) is 11.9 Å². The summed E-state index contributed by atoms with van der Waals surface area (Å²) in [5.74, 6) is 0.417. The fraction of sp³-hybridized carbons (Fsp3) is 0.227. The summed E-state index contributed by atoms with van der Waals surface area (Å²) in [7, 11) is 0. The van der Waals surface area contributed by atoms with Gasteiger partial charge in [0.1, 0.15) is 0 Å². The largest absolute Gasteiger partial charge is 0.478 e. The van der Waals surface area contributed by atoms with Gasteiger partial charge in [-0.25, -0.2) is 9.48 Å². The Morgan fingerprint density at radius 3 is 2.61 bits per heavy atom. The van der Waals surface area contributed by atoms with Crippen molar-refractivity contribution >= 4 is 6.03 Å². The molecule has 1 heterocycles. The fourth-order valence-electron chi connectivity index (χ4n) is 2.72. The lowest BCUT2D eigenvalue weighted by Gasteiger charge is -2.12. The van der Waals surface area contributed by atoms with Gasteiger partial charge in [0.15, 0.2) is 0 Å². The van der Waals surface area contributed by atoms with E-state index in [2.05, 4.69) is 15.4 Å². The Morgan fingerprint density at radius 2 is 1.90 bits per heavy atom. The quantitative estimate of drug-likeness (QED) is 0.627. The van der Waals surface area contributed by atoms with Gasteiger partial charge < -0.3 is 10.1 Å². The molecule has 3 rings (SSSR count). The van der Waals surface area contributed by atoms with Gasteiger partial charge in [0, 0.05) is 12.6 Å². The summed E-state index contributed by atoms with van der Waals surface area (Å²) in [6.07, 6.45) is -2.24. The number of aromatic nitrogens is 2. The third kappa shape index (κ3) is 6.18. The molecule has 9 heteroatoms. The number of ether oxygens (including phenoxy) is 1. The highest BCUT2D eigenvalue weighted by Crippen LogP contribution is 2.29. The van der Waals surface area contributed by atoms with E-state index in [9.17, 15) is 18.0 Å². The molecule has 6 nitrogen and oxygen atoms in total. The van der Waals surface area contributed by atoms with E-state index in [0.717, 1.165) is 24.2 Å². The van der Waals surface area contributed by atoms with Crippen LogP contribution in [0.1, 0.15) is 24.5 Å². The van der Waals surface area contributed by atoms with Crippen LogP contribution >= 0.6 is 0 Å². The standard InChI is InChI=1S/C22H21F3N4O2/c1-2-11-31-20-13-18(15-27-29(20)19-9-4-3-5-10-19)28-21(30)26-14-16-7-6-8-17(12-16)22(23,24)25/h3-10,12-13,15H,2,11,14H2,1H3,(H,26,30). The highest BCUT2D eigenvalue weighted by Gasteiger charge is 2.30. The van der Waals surface area contributed by atoms with Gasteiger partial charge in [-0.15, -0.1) is 0 Å². The number of urea groups is 1. The van der Waals surface area contributed by atoms with Crippen LogP contribution in [0, 0.1) is 0 Å². The molecule has 0 atom stereocenters. The molecular formula is C22H21F3N4O2. The topological polar surface area (TPSA) is 68.5 Å². The summed E-state index contributed by atoms with van der Waals surface area (Å²) in [6, 6.07) is 15.0. The molecule has 0 saturated carbocycles. The highest BCUT2D eigenvalue weighted by molar-refractivity contribution is 5.74. The number of rotatable bonds is 6. The predicted octanol–water partition coefficient (Wildman–Crippen LogP) is 4.49. The zero-order valence-corrected chi connectivity index (χ0v) is 16.8. The van der Waals surface area contributed by atoms with Crippen molar-refractivity contribution in [2.45, 2.75) is 26.1 Å². The first-order chi connectivity index (χ1) is 14.9. The fourth-order valence-corrected chi connectivity index (χ4v) is 2.72. The second kappa shape index (κ2) is 9.92. The second-order valence-electron chi connectivity index (χ2n) is 6.62. The molecule has 0 aliphatic heterocycles. The predicted molar refractivity (Wildman–Crippen MR) is 109 cm³/mol. The minimum Gasteiger partial charge on any atom is -0.478 e. The number of carbonyl (C=O) groups excluding carboxylic acids is 1. The zero-order chi connectivity index (χ0) is 22.3. The average molecular weight is 430 g/mol. The molecule has 0 aliphatic carbocycles. The molecule has 0 spiro atoms. The third-order valence-corrected chi connectivity index (χ3v) is 4.17. The molecule has 162 valence electrons. The van der Waals surface area contributed by atoms with Gasteiger partial charge in [0.2, 0.25) is 5.88 Å². The smallest absolute Gasteiger partial charge is 0.416 e. The van der Waals surface area contributed by atoms with Gasteiger partial charge in [-0.2, -0.15) is 23.3 Å². The Labute approximate surface area is 177 Å². The maximum absolute atomic E-state index is 12.8. The van der Waals surface area contributed by atoms with Crippen LogP contribution in [-0.2, 0) is 12.7 Å². The molecule has 2 aromatic carbocycles. The number of hydrogen-bond donors (Lipinski definition) is 1. The molecule has 0 unspecified atom stereocenters. The summed E-state index contributed by atoms with van der Waals surface area (Å²) in [5, 5.41) is 7.06. The molecule has 3 aromatic rings. The van der Waals surface area contributed by atoms with Crippen LogP contribution in [0.2, 0.25) is 0 Å². The Hall–Kier alpha value is -3.62. The number of halogens is 3. The lowest BCUT2D eigenvalue weighted by Crippen LogP contribution is -2.23. The van der Waals surface area contributed by atoms with Crippen molar-refractivity contribution in [3.8, 4) is 11.6 Å². The number of alkyl halides is 3. The molecule has 0 aliphatic rings. The van der Waals surface area contributed by atoms with E-state index < -0.39 is 17.8 Å².